The van der Waals surface area contributed by atoms with E-state index in [9.17, 15) is 0 Å². The van der Waals surface area contributed by atoms with Gasteiger partial charge in [-0.15, -0.1) is 0 Å². The van der Waals surface area contributed by atoms with Crippen molar-refractivity contribution in [1.29, 1.82) is 5.41 Å². The predicted molar refractivity (Wildman–Crippen MR) is 69.4 cm³/mol. The zero-order valence-corrected chi connectivity index (χ0v) is 10.8. The molecule has 0 aliphatic carbocycles. The monoisotopic (exact) mass is 222 g/mol. The molecule has 0 aromatic carbocycles. The van der Waals surface area contributed by atoms with E-state index in [0.29, 0.717) is 5.88 Å². The highest BCUT2D eigenvalue weighted by Gasteiger charge is 2.11. The lowest BCUT2D eigenvalue weighted by Crippen LogP contribution is -2.22. The van der Waals surface area contributed by atoms with E-state index >= 15 is 0 Å². The van der Waals surface area contributed by atoms with Gasteiger partial charge in [-0.1, -0.05) is 12.2 Å². The van der Waals surface area contributed by atoms with Crippen molar-refractivity contribution in [2.45, 2.75) is 40.2 Å². The van der Waals surface area contributed by atoms with Gasteiger partial charge < -0.3 is 15.9 Å². The summed E-state index contributed by atoms with van der Waals surface area (Å²) in [6.45, 7) is 9.64. The number of nitrogens with one attached hydrogen (secondary N) is 1. The Morgan fingerprint density at radius 2 is 1.88 bits per heavy atom. The summed E-state index contributed by atoms with van der Waals surface area (Å²) in [7, 11) is 0. The average molecular weight is 222 g/mol. The van der Waals surface area contributed by atoms with Crippen molar-refractivity contribution in [1.82, 2.24) is 0 Å². The molecule has 0 aromatic rings. The van der Waals surface area contributed by atoms with Gasteiger partial charge in [0.25, 0.3) is 0 Å². The van der Waals surface area contributed by atoms with E-state index in [4.69, 9.17) is 15.9 Å². The van der Waals surface area contributed by atoms with Crippen LogP contribution in [0.3, 0.4) is 0 Å². The smallest absolute Gasteiger partial charge is 0.184 e. The molecule has 0 rings (SSSR count). The van der Waals surface area contributed by atoms with Gasteiger partial charge in [0.1, 0.15) is 5.60 Å². The van der Waals surface area contributed by atoms with E-state index in [1.807, 2.05) is 46.8 Å². The highest BCUT2D eigenvalue weighted by molar-refractivity contribution is 5.81. The van der Waals surface area contributed by atoms with Gasteiger partial charge in [-0.05, 0) is 45.8 Å². The molecule has 0 radical (unpaired) electrons. The molecule has 0 aromatic heterocycles. The van der Waals surface area contributed by atoms with E-state index in [2.05, 4.69) is 0 Å². The predicted octanol–water partition coefficient (Wildman–Crippen LogP) is 3.14. The summed E-state index contributed by atoms with van der Waals surface area (Å²) in [4.78, 5) is 0. The van der Waals surface area contributed by atoms with Gasteiger partial charge in [-0.2, -0.15) is 0 Å². The van der Waals surface area contributed by atoms with Crippen molar-refractivity contribution in [2.75, 3.05) is 0 Å². The third-order valence-electron chi connectivity index (χ3n) is 1.74. The molecule has 16 heavy (non-hydrogen) atoms. The molecule has 90 valence electrons. The maximum Gasteiger partial charge on any atom is 0.184 e. The Bertz CT molecular complexity index is 330. The van der Waals surface area contributed by atoms with E-state index < -0.39 is 0 Å². The third kappa shape index (κ3) is 6.06. The second-order valence-corrected chi connectivity index (χ2v) is 4.54. The third-order valence-corrected chi connectivity index (χ3v) is 1.74. The van der Waals surface area contributed by atoms with Crippen LogP contribution in [-0.2, 0) is 4.74 Å². The SMILES string of the molecule is C\C=C/C(C=N)=C(C)/C=C(\N)OC(C)(C)C. The number of nitrogens with two attached hydrogens (primary N) is 1. The lowest BCUT2D eigenvalue weighted by Gasteiger charge is -2.21. The minimum Gasteiger partial charge on any atom is -0.474 e. The highest BCUT2D eigenvalue weighted by atomic mass is 16.5. The molecule has 3 heteroatoms. The fraction of sp³-hybridized carbons (Fsp3) is 0.462. The first-order valence-electron chi connectivity index (χ1n) is 5.30. The Kier molecular flexibility index (Phi) is 5.57. The number of ether oxygens (including phenoxy) is 1. The van der Waals surface area contributed by atoms with Gasteiger partial charge >= 0.3 is 0 Å². The van der Waals surface area contributed by atoms with Gasteiger partial charge in [-0.25, -0.2) is 0 Å². The Balaban J connectivity index is 4.93. The molecule has 0 amide bonds. The number of allylic oxidation sites excluding steroid dienone is 5. The Morgan fingerprint density at radius 1 is 1.31 bits per heavy atom. The summed E-state index contributed by atoms with van der Waals surface area (Å²) in [5.41, 5.74) is 7.19. The minimum atomic E-state index is -0.299. The van der Waals surface area contributed by atoms with Gasteiger partial charge in [0, 0.05) is 12.3 Å². The van der Waals surface area contributed by atoms with Gasteiger partial charge in [0.05, 0.1) is 0 Å². The fourth-order valence-corrected chi connectivity index (χ4v) is 1.15. The average Bonchev–Trinajstić information content (AvgIpc) is 2.10. The van der Waals surface area contributed by atoms with Crippen LogP contribution in [0.1, 0.15) is 34.6 Å². The van der Waals surface area contributed by atoms with Crippen molar-refractivity contribution in [3.63, 3.8) is 0 Å². The van der Waals surface area contributed by atoms with Crippen molar-refractivity contribution in [2.24, 2.45) is 5.73 Å². The molecule has 0 saturated carbocycles. The van der Waals surface area contributed by atoms with Crippen LogP contribution in [0.15, 0.2) is 35.3 Å². The Morgan fingerprint density at radius 3 is 2.25 bits per heavy atom. The number of rotatable bonds is 4. The second-order valence-electron chi connectivity index (χ2n) is 4.54. The first kappa shape index (κ1) is 14.5. The number of hydrogen-bond acceptors (Lipinski definition) is 3. The summed E-state index contributed by atoms with van der Waals surface area (Å²) in [5, 5.41) is 7.27. The molecule has 0 unspecified atom stereocenters. The second kappa shape index (κ2) is 6.16. The van der Waals surface area contributed by atoms with Crippen molar-refractivity contribution in [3.05, 3.63) is 35.3 Å². The fourth-order valence-electron chi connectivity index (χ4n) is 1.15. The molecule has 0 aliphatic heterocycles. The van der Waals surface area contributed by atoms with Crippen LogP contribution < -0.4 is 5.73 Å². The van der Waals surface area contributed by atoms with Gasteiger partial charge in [0.15, 0.2) is 5.88 Å². The largest absolute Gasteiger partial charge is 0.474 e. The van der Waals surface area contributed by atoms with Crippen molar-refractivity contribution < 1.29 is 4.74 Å². The summed E-state index contributed by atoms with van der Waals surface area (Å²) in [5.74, 6) is 0.369. The molecule has 0 saturated heterocycles. The lowest BCUT2D eigenvalue weighted by atomic mass is 10.1. The van der Waals surface area contributed by atoms with Crippen molar-refractivity contribution >= 4 is 6.21 Å². The molecule has 0 aliphatic rings. The van der Waals surface area contributed by atoms with Crippen LogP contribution in [0.5, 0.6) is 0 Å². The normalized spacial score (nSPS) is 14.9. The van der Waals surface area contributed by atoms with Crippen LogP contribution in [0.25, 0.3) is 0 Å². The molecular formula is C13H22N2O. The van der Waals surface area contributed by atoms with E-state index in [1.54, 1.807) is 6.08 Å². The van der Waals surface area contributed by atoms with E-state index in [-0.39, 0.29) is 5.60 Å². The molecule has 0 fully saturated rings. The van der Waals surface area contributed by atoms with E-state index in [0.717, 1.165) is 11.1 Å². The quantitative estimate of drug-likeness (QED) is 0.436. The summed E-state index contributed by atoms with van der Waals surface area (Å²) < 4.78 is 5.49. The lowest BCUT2D eigenvalue weighted by molar-refractivity contribution is 0.0505. The Labute approximate surface area is 98.2 Å². The molecule has 0 atom stereocenters. The standard InChI is InChI=1S/C13H22N2O/c1-6-7-11(9-14)10(2)8-12(15)16-13(3,4)5/h6-9,14H,15H2,1-5H3/b7-6-,11-10-,12-8+,14-9?. The van der Waals surface area contributed by atoms with Gasteiger partial charge in [0.2, 0.25) is 0 Å². The molecule has 0 bridgehead atoms. The molecule has 3 nitrogen and oxygen atoms in total. The summed E-state index contributed by atoms with van der Waals surface area (Å²) in [6.07, 6.45) is 6.80. The maximum absolute atomic E-state index is 7.27. The first-order chi connectivity index (χ1) is 7.30. The first-order valence-corrected chi connectivity index (χ1v) is 5.30. The number of hydrogen-bond donors (Lipinski definition) is 2. The van der Waals surface area contributed by atoms with Crippen LogP contribution in [-0.4, -0.2) is 11.8 Å². The topological polar surface area (TPSA) is 59.1 Å². The molecule has 0 spiro atoms. The molecule has 0 heterocycles. The summed E-state index contributed by atoms with van der Waals surface area (Å²) >= 11 is 0. The van der Waals surface area contributed by atoms with Crippen LogP contribution in [0.4, 0.5) is 0 Å². The van der Waals surface area contributed by atoms with Gasteiger partial charge in [-0.3, -0.25) is 0 Å². The minimum absolute atomic E-state index is 0.299. The Hall–Kier alpha value is -1.51. The molecular weight excluding hydrogens is 200 g/mol. The van der Waals surface area contributed by atoms with Crippen LogP contribution in [0, 0.1) is 5.41 Å². The van der Waals surface area contributed by atoms with E-state index in [1.165, 1.54) is 6.21 Å². The van der Waals surface area contributed by atoms with Crippen LogP contribution >= 0.6 is 0 Å². The highest BCUT2D eigenvalue weighted by Crippen LogP contribution is 2.13. The zero-order chi connectivity index (χ0) is 12.8. The summed E-state index contributed by atoms with van der Waals surface area (Å²) in [6, 6.07) is 0. The van der Waals surface area contributed by atoms with Crippen molar-refractivity contribution in [3.8, 4) is 0 Å². The maximum atomic E-state index is 7.27. The zero-order valence-electron chi connectivity index (χ0n) is 10.8. The van der Waals surface area contributed by atoms with Crippen LogP contribution in [0.2, 0.25) is 0 Å². The molecule has 3 N–H and O–H groups in total.